The fourth-order valence-electron chi connectivity index (χ4n) is 4.43. The summed E-state index contributed by atoms with van der Waals surface area (Å²) in [4.78, 5) is 1.26. The minimum atomic E-state index is -1.36. The third-order valence-electron chi connectivity index (χ3n) is 6.22. The van der Waals surface area contributed by atoms with Gasteiger partial charge in [0.1, 0.15) is 30.5 Å². The van der Waals surface area contributed by atoms with Crippen LogP contribution in [-0.2, 0) is 11.2 Å². The van der Waals surface area contributed by atoms with Crippen LogP contribution in [0.25, 0.3) is 10.1 Å². The van der Waals surface area contributed by atoms with Gasteiger partial charge in [-0.3, -0.25) is 0 Å². The molecule has 30 heavy (non-hydrogen) atoms. The fraction of sp³-hybridized carbons (Fsp3) is 0.417. The van der Waals surface area contributed by atoms with Crippen molar-refractivity contribution < 1.29 is 25.2 Å². The predicted octanol–water partition coefficient (Wildman–Crippen LogP) is 2.88. The van der Waals surface area contributed by atoms with Crippen LogP contribution in [0.2, 0.25) is 0 Å². The third kappa shape index (κ3) is 3.68. The van der Waals surface area contributed by atoms with Gasteiger partial charge in [-0.05, 0) is 53.0 Å². The number of fused-ring (bicyclic) bond motifs is 1. The van der Waals surface area contributed by atoms with E-state index in [1.807, 2.05) is 12.1 Å². The fourth-order valence-corrected chi connectivity index (χ4v) is 5.53. The van der Waals surface area contributed by atoms with Crippen molar-refractivity contribution in [3.63, 3.8) is 0 Å². The van der Waals surface area contributed by atoms with E-state index >= 15 is 0 Å². The summed E-state index contributed by atoms with van der Waals surface area (Å²) in [5.41, 5.74) is 3.09. The van der Waals surface area contributed by atoms with Crippen LogP contribution in [0, 0.1) is 0 Å². The number of aliphatic hydroxyl groups excluding tert-OH is 4. The third-order valence-corrected chi connectivity index (χ3v) is 7.34. The Morgan fingerprint density at radius 2 is 1.70 bits per heavy atom. The zero-order valence-corrected chi connectivity index (χ0v) is 17.3. The molecular formula is C24H26O5S. The Balaban J connectivity index is 1.49. The quantitative estimate of drug-likeness (QED) is 0.504. The van der Waals surface area contributed by atoms with Crippen molar-refractivity contribution in [1.82, 2.24) is 0 Å². The van der Waals surface area contributed by atoms with Crippen LogP contribution in [0.3, 0.4) is 0 Å². The molecule has 1 aliphatic heterocycles. The molecule has 2 fully saturated rings. The molecule has 158 valence electrons. The molecule has 3 aromatic rings. The second kappa shape index (κ2) is 8.04. The molecule has 0 radical (unpaired) electrons. The zero-order valence-electron chi connectivity index (χ0n) is 16.5. The second-order valence-corrected chi connectivity index (χ2v) is 9.58. The summed E-state index contributed by atoms with van der Waals surface area (Å²) in [6, 6.07) is 16.8. The van der Waals surface area contributed by atoms with Gasteiger partial charge >= 0.3 is 0 Å². The largest absolute Gasteiger partial charge is 0.394 e. The van der Waals surface area contributed by atoms with Crippen LogP contribution in [0.4, 0.5) is 0 Å². The molecule has 2 aliphatic rings. The van der Waals surface area contributed by atoms with Crippen LogP contribution >= 0.6 is 11.3 Å². The smallest absolute Gasteiger partial charge is 0.113 e. The van der Waals surface area contributed by atoms with Crippen molar-refractivity contribution >= 4 is 21.4 Å². The van der Waals surface area contributed by atoms with Crippen LogP contribution in [-0.4, -0.2) is 51.4 Å². The summed E-state index contributed by atoms with van der Waals surface area (Å²) in [5, 5.41) is 41.9. The lowest BCUT2D eigenvalue weighted by atomic mass is 9.87. The number of benzene rings is 2. The minimum Gasteiger partial charge on any atom is -0.394 e. The van der Waals surface area contributed by atoms with Gasteiger partial charge in [0.25, 0.3) is 0 Å². The van der Waals surface area contributed by atoms with Gasteiger partial charge in [-0.15, -0.1) is 11.3 Å². The molecule has 5 rings (SSSR count). The second-order valence-electron chi connectivity index (χ2n) is 8.41. The minimum absolute atomic E-state index is 0.415. The highest BCUT2D eigenvalue weighted by Crippen LogP contribution is 2.46. The molecule has 1 saturated carbocycles. The molecule has 2 aromatic carbocycles. The average Bonchev–Trinajstić information content (AvgIpc) is 3.51. The van der Waals surface area contributed by atoms with Gasteiger partial charge in [-0.25, -0.2) is 0 Å². The normalized spacial score (nSPS) is 29.4. The standard InChI is InChI=1S/C24H26O5S/c25-12-19-21(26)22(27)23(28)24(29-19)18-10-13(5-8-17(18)14-6-7-14)9-16-11-15-3-1-2-4-20(15)30-16/h1-5,8,10-11,14,19,21-28H,6-7,9,12H2/t19?,21-,22+,23-,24?/m1/s1. The molecule has 2 heterocycles. The van der Waals surface area contributed by atoms with Crippen LogP contribution in [0.1, 0.15) is 46.4 Å². The van der Waals surface area contributed by atoms with Gasteiger partial charge in [-0.1, -0.05) is 36.4 Å². The lowest BCUT2D eigenvalue weighted by molar-refractivity contribution is -0.231. The van der Waals surface area contributed by atoms with Gasteiger partial charge in [-0.2, -0.15) is 0 Å². The van der Waals surface area contributed by atoms with Crippen LogP contribution in [0.5, 0.6) is 0 Å². The Bertz CT molecular complexity index is 1010. The molecule has 1 aliphatic carbocycles. The molecule has 1 saturated heterocycles. The van der Waals surface area contributed by atoms with Crippen LogP contribution in [0.15, 0.2) is 48.5 Å². The molecule has 1 aromatic heterocycles. The topological polar surface area (TPSA) is 90.2 Å². The first kappa shape index (κ1) is 20.1. The Morgan fingerprint density at radius 3 is 2.43 bits per heavy atom. The van der Waals surface area contributed by atoms with Crippen molar-refractivity contribution in [3.05, 3.63) is 70.1 Å². The summed E-state index contributed by atoms with van der Waals surface area (Å²) in [7, 11) is 0. The number of ether oxygens (including phenoxy) is 1. The van der Waals surface area contributed by atoms with Gasteiger partial charge < -0.3 is 25.2 Å². The molecule has 5 nitrogen and oxygen atoms in total. The molecule has 6 heteroatoms. The van der Waals surface area contributed by atoms with Gasteiger partial charge in [0, 0.05) is 16.0 Å². The number of hydrogen-bond acceptors (Lipinski definition) is 6. The Morgan fingerprint density at radius 1 is 0.900 bits per heavy atom. The molecule has 2 unspecified atom stereocenters. The van der Waals surface area contributed by atoms with E-state index in [-0.39, 0.29) is 0 Å². The SMILES string of the molecule is OCC1OC(c2cc(Cc3cc4ccccc4s3)ccc2C2CC2)[C@H](O)[C@@H](O)[C@@H]1O. The Hall–Kier alpha value is -1.80. The van der Waals surface area contributed by atoms with Gasteiger partial charge in [0.15, 0.2) is 0 Å². The maximum Gasteiger partial charge on any atom is 0.113 e. The number of thiophene rings is 1. The highest BCUT2D eigenvalue weighted by Gasteiger charge is 2.45. The number of aliphatic hydroxyl groups is 4. The summed E-state index contributed by atoms with van der Waals surface area (Å²) >= 11 is 1.77. The Kier molecular flexibility index (Phi) is 5.39. The van der Waals surface area contributed by atoms with Crippen molar-refractivity contribution in [1.29, 1.82) is 0 Å². The van der Waals surface area contributed by atoms with E-state index in [2.05, 4.69) is 36.4 Å². The highest BCUT2D eigenvalue weighted by molar-refractivity contribution is 7.19. The van der Waals surface area contributed by atoms with E-state index in [1.165, 1.54) is 15.0 Å². The summed E-state index contributed by atoms with van der Waals surface area (Å²) in [6.07, 6.45) is -2.66. The lowest BCUT2D eigenvalue weighted by Crippen LogP contribution is -2.55. The summed E-state index contributed by atoms with van der Waals surface area (Å²) < 4.78 is 7.14. The first-order chi connectivity index (χ1) is 14.5. The van der Waals surface area contributed by atoms with Crippen molar-refractivity contribution in [3.8, 4) is 0 Å². The summed E-state index contributed by atoms with van der Waals surface area (Å²) in [5.74, 6) is 0.436. The van der Waals surface area contributed by atoms with E-state index in [0.717, 1.165) is 36.0 Å². The first-order valence-electron chi connectivity index (χ1n) is 10.5. The van der Waals surface area contributed by atoms with Crippen molar-refractivity contribution in [2.45, 2.75) is 55.7 Å². The monoisotopic (exact) mass is 426 g/mol. The van der Waals surface area contributed by atoms with E-state index in [0.29, 0.717) is 5.92 Å². The zero-order chi connectivity index (χ0) is 20.8. The molecule has 0 amide bonds. The maximum atomic E-state index is 10.7. The molecule has 4 N–H and O–H groups in total. The molecule has 5 atom stereocenters. The van der Waals surface area contributed by atoms with Gasteiger partial charge in [0.2, 0.25) is 0 Å². The molecule has 0 bridgehead atoms. The number of hydrogen-bond donors (Lipinski definition) is 4. The van der Waals surface area contributed by atoms with E-state index in [4.69, 9.17) is 4.74 Å². The molecule has 0 spiro atoms. The average molecular weight is 427 g/mol. The van der Waals surface area contributed by atoms with E-state index < -0.39 is 37.1 Å². The lowest BCUT2D eigenvalue weighted by Gasteiger charge is -2.41. The first-order valence-corrected chi connectivity index (χ1v) is 11.3. The maximum absolute atomic E-state index is 10.7. The van der Waals surface area contributed by atoms with Gasteiger partial charge in [0.05, 0.1) is 6.61 Å². The highest BCUT2D eigenvalue weighted by atomic mass is 32.1. The Labute approximate surface area is 179 Å². The van der Waals surface area contributed by atoms with E-state index in [9.17, 15) is 20.4 Å². The summed E-state index contributed by atoms with van der Waals surface area (Å²) in [6.45, 7) is -0.415. The van der Waals surface area contributed by atoms with Crippen molar-refractivity contribution in [2.75, 3.05) is 6.61 Å². The van der Waals surface area contributed by atoms with Crippen molar-refractivity contribution in [2.24, 2.45) is 0 Å². The van der Waals surface area contributed by atoms with E-state index in [1.54, 1.807) is 11.3 Å². The number of rotatable bonds is 5. The predicted molar refractivity (Wildman–Crippen MR) is 116 cm³/mol. The molecular weight excluding hydrogens is 400 g/mol. The van der Waals surface area contributed by atoms with Crippen LogP contribution < -0.4 is 0 Å².